The Morgan fingerprint density at radius 2 is 1.76 bits per heavy atom. The standard InChI is InChI=1S/C25H24F3N7O2/c1-14-2-3-18(26)21(8-14)34(25(30)36)22-11-19(27)16(10-20(22)28)17-9-15(12-33-4-6-37-7-5-33)35-23(17)24(29)31-13-32-35/h2-3,8-11,13H,4-7,12H2,1H3,(H2,30,36)(H2,29,31,32). The number of anilines is 3. The van der Waals surface area contributed by atoms with E-state index in [1.54, 1.807) is 17.5 Å². The first kappa shape index (κ1) is 24.5. The van der Waals surface area contributed by atoms with Crippen LogP contribution >= 0.6 is 0 Å². The second-order valence-corrected chi connectivity index (χ2v) is 8.76. The van der Waals surface area contributed by atoms with Crippen LogP contribution in [0, 0.1) is 24.4 Å². The van der Waals surface area contributed by atoms with Crippen molar-refractivity contribution < 1.29 is 22.7 Å². The van der Waals surface area contributed by atoms with Gasteiger partial charge >= 0.3 is 6.03 Å². The van der Waals surface area contributed by atoms with Crippen LogP contribution in [-0.4, -0.2) is 51.8 Å². The highest BCUT2D eigenvalue weighted by atomic mass is 19.1. The van der Waals surface area contributed by atoms with Crippen LogP contribution < -0.4 is 16.4 Å². The number of hydrogen-bond acceptors (Lipinski definition) is 6. The third-order valence-electron chi connectivity index (χ3n) is 6.28. The molecule has 192 valence electrons. The molecule has 0 aliphatic carbocycles. The maximum Gasteiger partial charge on any atom is 0.324 e. The molecule has 1 saturated heterocycles. The minimum atomic E-state index is -1.17. The predicted octanol–water partition coefficient (Wildman–Crippen LogP) is 3.75. The first-order valence-electron chi connectivity index (χ1n) is 11.5. The summed E-state index contributed by atoms with van der Waals surface area (Å²) in [5, 5.41) is 4.27. The lowest BCUT2D eigenvalue weighted by Gasteiger charge is -2.26. The molecule has 12 heteroatoms. The number of amides is 2. The maximum atomic E-state index is 15.6. The monoisotopic (exact) mass is 511 g/mol. The van der Waals surface area contributed by atoms with Crippen molar-refractivity contribution in [3.05, 3.63) is 71.4 Å². The second-order valence-electron chi connectivity index (χ2n) is 8.76. The van der Waals surface area contributed by atoms with Gasteiger partial charge in [0.1, 0.15) is 29.3 Å². The predicted molar refractivity (Wildman–Crippen MR) is 132 cm³/mol. The molecular weight excluding hydrogens is 487 g/mol. The number of rotatable bonds is 5. The molecule has 2 aromatic heterocycles. The first-order chi connectivity index (χ1) is 17.7. The normalized spacial score (nSPS) is 14.3. The minimum Gasteiger partial charge on any atom is -0.382 e. The number of urea groups is 1. The maximum absolute atomic E-state index is 15.6. The summed E-state index contributed by atoms with van der Waals surface area (Å²) in [6.07, 6.45) is 1.29. The van der Waals surface area contributed by atoms with Crippen molar-refractivity contribution in [2.75, 3.05) is 36.9 Å². The van der Waals surface area contributed by atoms with Crippen molar-refractivity contribution in [1.29, 1.82) is 0 Å². The molecule has 5 rings (SSSR count). The number of primary amides is 1. The summed E-state index contributed by atoms with van der Waals surface area (Å²) in [4.78, 5) is 19.0. The number of benzene rings is 2. The van der Waals surface area contributed by atoms with E-state index in [2.05, 4.69) is 15.0 Å². The number of aromatic nitrogens is 3. The van der Waals surface area contributed by atoms with Gasteiger partial charge in [0.15, 0.2) is 5.82 Å². The van der Waals surface area contributed by atoms with Crippen LogP contribution in [0.2, 0.25) is 0 Å². The fraction of sp³-hybridized carbons (Fsp3) is 0.240. The topological polar surface area (TPSA) is 115 Å². The van der Waals surface area contributed by atoms with Gasteiger partial charge in [-0.25, -0.2) is 27.5 Å². The Labute approximate surface area is 210 Å². The molecule has 0 spiro atoms. The molecule has 9 nitrogen and oxygen atoms in total. The van der Waals surface area contributed by atoms with Crippen LogP contribution in [-0.2, 0) is 11.3 Å². The van der Waals surface area contributed by atoms with Crippen molar-refractivity contribution in [2.24, 2.45) is 5.73 Å². The Balaban J connectivity index is 1.62. The number of halogens is 3. The summed E-state index contributed by atoms with van der Waals surface area (Å²) in [7, 11) is 0. The Morgan fingerprint density at radius 1 is 1.03 bits per heavy atom. The lowest BCUT2D eigenvalue weighted by atomic mass is 10.0. The van der Waals surface area contributed by atoms with E-state index in [9.17, 15) is 9.18 Å². The van der Waals surface area contributed by atoms with Gasteiger partial charge in [0.05, 0.1) is 30.3 Å². The zero-order chi connectivity index (χ0) is 26.3. The zero-order valence-corrected chi connectivity index (χ0v) is 19.9. The van der Waals surface area contributed by atoms with Gasteiger partial charge < -0.3 is 16.2 Å². The molecule has 3 heterocycles. The summed E-state index contributed by atoms with van der Waals surface area (Å²) < 4.78 is 52.6. The van der Waals surface area contributed by atoms with Crippen molar-refractivity contribution >= 4 is 28.7 Å². The van der Waals surface area contributed by atoms with Crippen molar-refractivity contribution in [3.8, 4) is 11.1 Å². The summed E-state index contributed by atoms with van der Waals surface area (Å²) >= 11 is 0. The third kappa shape index (κ3) is 4.56. The van der Waals surface area contributed by atoms with Gasteiger partial charge in [0, 0.05) is 36.8 Å². The quantitative estimate of drug-likeness (QED) is 0.422. The Hall–Kier alpha value is -4.16. The average molecular weight is 512 g/mol. The highest BCUT2D eigenvalue weighted by Crippen LogP contribution is 2.38. The zero-order valence-electron chi connectivity index (χ0n) is 19.9. The molecule has 37 heavy (non-hydrogen) atoms. The molecule has 4 aromatic rings. The SMILES string of the molecule is Cc1ccc(F)c(N(C(N)=O)c2cc(F)c(-c3cc(CN4CCOCC4)n4ncnc(N)c34)cc2F)c1. The number of carbonyl (C=O) groups is 1. The molecule has 0 unspecified atom stereocenters. The number of hydrogen-bond donors (Lipinski definition) is 2. The van der Waals surface area contributed by atoms with Gasteiger partial charge in [-0.1, -0.05) is 6.07 Å². The Bertz CT molecular complexity index is 1500. The van der Waals surface area contributed by atoms with E-state index in [0.29, 0.717) is 54.5 Å². The van der Waals surface area contributed by atoms with E-state index in [4.69, 9.17) is 16.2 Å². The molecule has 1 aliphatic rings. The molecule has 0 saturated carbocycles. The molecule has 4 N–H and O–H groups in total. The average Bonchev–Trinajstić information content (AvgIpc) is 3.23. The molecule has 2 aromatic carbocycles. The summed E-state index contributed by atoms with van der Waals surface area (Å²) in [5.41, 5.74) is 12.5. The first-order valence-corrected chi connectivity index (χ1v) is 11.5. The van der Waals surface area contributed by atoms with Crippen molar-refractivity contribution in [1.82, 2.24) is 19.5 Å². The molecule has 0 radical (unpaired) electrons. The van der Waals surface area contributed by atoms with Gasteiger partial charge in [-0.05, 0) is 36.8 Å². The highest BCUT2D eigenvalue weighted by Gasteiger charge is 2.26. The summed E-state index contributed by atoms with van der Waals surface area (Å²) in [6, 6.07) is 6.17. The molecular formula is C25H24F3N7O2. The van der Waals surface area contributed by atoms with E-state index >= 15 is 8.78 Å². The van der Waals surface area contributed by atoms with Gasteiger partial charge in [0.25, 0.3) is 0 Å². The van der Waals surface area contributed by atoms with E-state index < -0.39 is 29.2 Å². The van der Waals surface area contributed by atoms with Gasteiger partial charge in [-0.15, -0.1) is 0 Å². The minimum absolute atomic E-state index is 0.0858. The van der Waals surface area contributed by atoms with Crippen LogP contribution in [0.1, 0.15) is 11.3 Å². The van der Waals surface area contributed by atoms with Crippen LogP contribution in [0.4, 0.5) is 35.2 Å². The Morgan fingerprint density at radius 3 is 2.49 bits per heavy atom. The fourth-order valence-electron chi connectivity index (χ4n) is 4.51. The molecule has 1 fully saturated rings. The largest absolute Gasteiger partial charge is 0.382 e. The number of nitrogen functional groups attached to an aromatic ring is 1. The Kier molecular flexibility index (Phi) is 6.44. The number of fused-ring (bicyclic) bond motifs is 1. The number of nitrogens with two attached hydrogens (primary N) is 2. The van der Waals surface area contributed by atoms with Gasteiger partial charge in [-0.2, -0.15) is 5.10 Å². The number of carbonyl (C=O) groups excluding carboxylic acids is 1. The van der Waals surface area contributed by atoms with E-state index in [1.165, 1.54) is 18.5 Å². The third-order valence-corrected chi connectivity index (χ3v) is 6.28. The summed E-state index contributed by atoms with van der Waals surface area (Å²) in [6.45, 7) is 4.74. The molecule has 0 atom stereocenters. The number of nitrogens with zero attached hydrogens (tertiary/aromatic N) is 5. The highest BCUT2D eigenvalue weighted by molar-refractivity contribution is 5.99. The van der Waals surface area contributed by atoms with Crippen molar-refractivity contribution in [2.45, 2.75) is 13.5 Å². The van der Waals surface area contributed by atoms with E-state index in [1.807, 2.05) is 0 Å². The summed E-state index contributed by atoms with van der Waals surface area (Å²) in [5.74, 6) is -2.59. The van der Waals surface area contributed by atoms with Gasteiger partial charge in [0.2, 0.25) is 0 Å². The number of morpholine rings is 1. The van der Waals surface area contributed by atoms with Crippen LogP contribution in [0.3, 0.4) is 0 Å². The fourth-order valence-corrected chi connectivity index (χ4v) is 4.51. The van der Waals surface area contributed by atoms with Crippen LogP contribution in [0.25, 0.3) is 16.6 Å². The second kappa shape index (κ2) is 9.71. The smallest absolute Gasteiger partial charge is 0.324 e. The number of aryl methyl sites for hydroxylation is 1. The van der Waals surface area contributed by atoms with Gasteiger partial charge in [-0.3, -0.25) is 9.80 Å². The lowest BCUT2D eigenvalue weighted by Crippen LogP contribution is -2.36. The van der Waals surface area contributed by atoms with E-state index in [-0.39, 0.29) is 22.6 Å². The molecule has 0 bridgehead atoms. The van der Waals surface area contributed by atoms with Crippen LogP contribution in [0.15, 0.2) is 42.7 Å². The number of ether oxygens (including phenoxy) is 1. The lowest BCUT2D eigenvalue weighted by molar-refractivity contribution is 0.0334. The van der Waals surface area contributed by atoms with Crippen molar-refractivity contribution in [3.63, 3.8) is 0 Å². The van der Waals surface area contributed by atoms with E-state index in [0.717, 1.165) is 18.2 Å². The molecule has 2 amide bonds. The van der Waals surface area contributed by atoms with Crippen LogP contribution in [0.5, 0.6) is 0 Å². The molecule has 1 aliphatic heterocycles.